The fourth-order valence-electron chi connectivity index (χ4n) is 4.19. The van der Waals surface area contributed by atoms with Crippen molar-refractivity contribution in [3.05, 3.63) is 75.8 Å². The molecule has 2 N–H and O–H groups in total. The highest BCUT2D eigenvalue weighted by Crippen LogP contribution is 2.27. The molecule has 37 heavy (non-hydrogen) atoms. The fourth-order valence-corrected chi connectivity index (χ4v) is 5.14. The van der Waals surface area contributed by atoms with Crippen LogP contribution in [0.5, 0.6) is 5.75 Å². The lowest BCUT2D eigenvalue weighted by atomic mass is 10.2. The van der Waals surface area contributed by atoms with Crippen LogP contribution in [-0.4, -0.2) is 78.5 Å². The van der Waals surface area contributed by atoms with E-state index in [4.69, 9.17) is 9.47 Å². The zero-order chi connectivity index (χ0) is 25.8. The molecule has 0 radical (unpaired) electrons. The van der Waals surface area contributed by atoms with Gasteiger partial charge in [-0.2, -0.15) is 0 Å². The Balaban J connectivity index is 1.24. The Morgan fingerprint density at radius 1 is 1.22 bits per heavy atom. The number of rotatable bonds is 7. The number of hydrogen-bond acceptors (Lipinski definition) is 8. The largest absolute Gasteiger partial charge is 0.493 e. The summed E-state index contributed by atoms with van der Waals surface area (Å²) >= 11 is 1.50. The molecule has 10 nitrogen and oxygen atoms in total. The molecule has 11 heteroatoms. The van der Waals surface area contributed by atoms with Crippen LogP contribution >= 0.6 is 11.3 Å². The first kappa shape index (κ1) is 25.0. The molecule has 3 aliphatic rings. The van der Waals surface area contributed by atoms with E-state index in [1.54, 1.807) is 37.7 Å². The molecule has 5 heterocycles. The SMILES string of the molecule is COC1=C(\Oc2ccnc(NC(=O)c3ccc(CN4CCN(C)CC4)s3)c2)CCNC(=O)N2C=C/C2=C\1. The molecule has 0 unspecified atom stereocenters. The van der Waals surface area contributed by atoms with Crippen LogP contribution in [0.2, 0.25) is 0 Å². The van der Waals surface area contributed by atoms with E-state index in [1.807, 2.05) is 18.2 Å². The Labute approximate surface area is 219 Å². The van der Waals surface area contributed by atoms with Crippen molar-refractivity contribution in [2.45, 2.75) is 13.0 Å². The number of piperazine rings is 1. The van der Waals surface area contributed by atoms with Crippen molar-refractivity contribution in [2.75, 3.05) is 52.2 Å². The summed E-state index contributed by atoms with van der Waals surface area (Å²) in [6.07, 6.45) is 7.29. The Kier molecular flexibility index (Phi) is 7.54. The normalized spacial score (nSPS) is 21.9. The van der Waals surface area contributed by atoms with Crippen molar-refractivity contribution in [3.8, 4) is 5.75 Å². The number of allylic oxidation sites excluding steroid dienone is 2. The summed E-state index contributed by atoms with van der Waals surface area (Å²) in [5, 5.41) is 5.73. The van der Waals surface area contributed by atoms with E-state index in [-0.39, 0.29) is 11.9 Å². The molecule has 1 fully saturated rings. The summed E-state index contributed by atoms with van der Waals surface area (Å²) in [6.45, 7) is 5.43. The zero-order valence-electron chi connectivity index (χ0n) is 20.9. The van der Waals surface area contributed by atoms with E-state index < -0.39 is 0 Å². The van der Waals surface area contributed by atoms with Gasteiger partial charge in [0, 0.05) is 75.1 Å². The van der Waals surface area contributed by atoms with E-state index in [2.05, 4.69) is 32.5 Å². The number of likely N-dealkylation sites (N-methyl/N-ethyl adjacent to an activating group) is 1. The number of aromatic nitrogens is 1. The molecule has 3 amide bonds. The van der Waals surface area contributed by atoms with Gasteiger partial charge in [-0.15, -0.1) is 11.3 Å². The lowest BCUT2D eigenvalue weighted by molar-refractivity contribution is 0.103. The Hall–Kier alpha value is -3.67. The third-order valence-corrected chi connectivity index (χ3v) is 7.44. The number of thiophene rings is 1. The summed E-state index contributed by atoms with van der Waals surface area (Å²) in [6, 6.07) is 7.07. The first-order valence-corrected chi connectivity index (χ1v) is 13.0. The van der Waals surface area contributed by atoms with Gasteiger partial charge in [0.2, 0.25) is 0 Å². The number of amides is 3. The molecule has 2 aromatic rings. The minimum atomic E-state index is -0.206. The van der Waals surface area contributed by atoms with Crippen molar-refractivity contribution in [1.29, 1.82) is 0 Å². The van der Waals surface area contributed by atoms with Gasteiger partial charge in [-0.1, -0.05) is 0 Å². The van der Waals surface area contributed by atoms with E-state index in [0.717, 1.165) is 32.7 Å². The second-order valence-corrected chi connectivity index (χ2v) is 10.2. The molecule has 0 saturated carbocycles. The van der Waals surface area contributed by atoms with Gasteiger partial charge >= 0.3 is 6.03 Å². The van der Waals surface area contributed by atoms with Gasteiger partial charge in [0.05, 0.1) is 17.7 Å². The van der Waals surface area contributed by atoms with E-state index in [1.165, 1.54) is 21.1 Å². The fraction of sp³-hybridized carbons (Fsp3) is 0.346. The highest BCUT2D eigenvalue weighted by molar-refractivity contribution is 7.14. The standard InChI is InChI=1S/C26H30N6O4S/c1-30-11-13-31(14-12-30)17-20-3-4-23(37-20)25(33)29-24-16-19(5-8-27-24)36-21-6-9-28-26(34)32-10-7-18(32)15-22(21)35-2/h3-5,7-8,10,15-16H,6,9,11-14,17H2,1-2H3,(H,28,34)(H,27,29,33)/b18-15+,22-21-. The van der Waals surface area contributed by atoms with Crippen LogP contribution < -0.4 is 15.4 Å². The van der Waals surface area contributed by atoms with Gasteiger partial charge < -0.3 is 25.0 Å². The molecule has 0 bridgehead atoms. The Bertz CT molecular complexity index is 1260. The Morgan fingerprint density at radius 2 is 2.05 bits per heavy atom. The summed E-state index contributed by atoms with van der Waals surface area (Å²) in [5.74, 6) is 1.77. The lowest BCUT2D eigenvalue weighted by Crippen LogP contribution is -2.43. The summed E-state index contributed by atoms with van der Waals surface area (Å²) in [7, 11) is 3.70. The number of pyridine rings is 1. The number of carbonyl (C=O) groups excluding carboxylic acids is 2. The van der Waals surface area contributed by atoms with Crippen molar-refractivity contribution >= 4 is 29.1 Å². The van der Waals surface area contributed by atoms with Gasteiger partial charge in [-0.05, 0) is 31.3 Å². The number of fused-ring (bicyclic) bond motifs is 1. The van der Waals surface area contributed by atoms with Gasteiger partial charge in [0.25, 0.3) is 5.91 Å². The summed E-state index contributed by atoms with van der Waals surface area (Å²) < 4.78 is 11.7. The van der Waals surface area contributed by atoms with Crippen LogP contribution in [0.3, 0.4) is 0 Å². The van der Waals surface area contributed by atoms with Gasteiger partial charge in [0.1, 0.15) is 17.3 Å². The van der Waals surface area contributed by atoms with Crippen LogP contribution in [0.15, 0.2) is 66.0 Å². The number of urea groups is 1. The van der Waals surface area contributed by atoms with E-state index in [9.17, 15) is 9.59 Å². The molecule has 0 spiro atoms. The smallest absolute Gasteiger partial charge is 0.326 e. The van der Waals surface area contributed by atoms with Crippen molar-refractivity contribution in [1.82, 2.24) is 25.0 Å². The molecule has 3 aliphatic heterocycles. The molecule has 0 aromatic carbocycles. The number of anilines is 1. The van der Waals surface area contributed by atoms with Crippen LogP contribution in [0.4, 0.5) is 10.6 Å². The minimum absolute atomic E-state index is 0.195. The Morgan fingerprint density at radius 3 is 2.81 bits per heavy atom. The maximum absolute atomic E-state index is 12.9. The number of hydrogen-bond donors (Lipinski definition) is 2. The molecule has 1 saturated heterocycles. The van der Waals surface area contributed by atoms with Crippen molar-refractivity contribution < 1.29 is 19.1 Å². The van der Waals surface area contributed by atoms with Crippen molar-refractivity contribution in [2.24, 2.45) is 0 Å². The van der Waals surface area contributed by atoms with Crippen LogP contribution in [-0.2, 0) is 11.3 Å². The number of nitrogens with one attached hydrogen (secondary N) is 2. The molecule has 0 atom stereocenters. The summed E-state index contributed by atoms with van der Waals surface area (Å²) in [5.41, 5.74) is 0.711. The van der Waals surface area contributed by atoms with Crippen LogP contribution in [0.1, 0.15) is 21.0 Å². The zero-order valence-corrected chi connectivity index (χ0v) is 21.7. The topological polar surface area (TPSA) is 99.3 Å². The number of carbonyl (C=O) groups is 2. The van der Waals surface area contributed by atoms with Gasteiger partial charge in [-0.3, -0.25) is 14.6 Å². The highest BCUT2D eigenvalue weighted by Gasteiger charge is 2.24. The molecular weight excluding hydrogens is 492 g/mol. The average molecular weight is 523 g/mol. The lowest BCUT2D eigenvalue weighted by Gasteiger charge is -2.31. The average Bonchev–Trinajstić information content (AvgIpc) is 3.34. The second-order valence-electron chi connectivity index (χ2n) is 9.01. The minimum Gasteiger partial charge on any atom is -0.493 e. The second kappa shape index (κ2) is 11.2. The maximum atomic E-state index is 12.9. The number of ether oxygens (including phenoxy) is 2. The highest BCUT2D eigenvalue weighted by atomic mass is 32.1. The molecule has 2 aromatic heterocycles. The van der Waals surface area contributed by atoms with Gasteiger partial charge in [0.15, 0.2) is 5.76 Å². The maximum Gasteiger partial charge on any atom is 0.326 e. The first-order valence-electron chi connectivity index (χ1n) is 12.2. The first-order chi connectivity index (χ1) is 18.0. The third kappa shape index (κ3) is 6.01. The number of nitrogens with zero attached hydrogens (tertiary/aromatic N) is 4. The molecule has 194 valence electrons. The number of methoxy groups -OCH3 is 1. The quantitative estimate of drug-likeness (QED) is 0.576. The van der Waals surface area contributed by atoms with Crippen LogP contribution in [0.25, 0.3) is 0 Å². The van der Waals surface area contributed by atoms with Crippen LogP contribution in [0, 0.1) is 0 Å². The monoisotopic (exact) mass is 522 g/mol. The van der Waals surface area contributed by atoms with Gasteiger partial charge in [-0.25, -0.2) is 9.78 Å². The molecule has 5 rings (SSSR count). The molecule has 0 aliphatic carbocycles. The van der Waals surface area contributed by atoms with Crippen molar-refractivity contribution in [3.63, 3.8) is 0 Å². The molecular formula is C26H30N6O4S. The van der Waals surface area contributed by atoms with E-state index in [0.29, 0.717) is 46.6 Å². The predicted molar refractivity (Wildman–Crippen MR) is 141 cm³/mol. The van der Waals surface area contributed by atoms with E-state index >= 15 is 0 Å². The third-order valence-electron chi connectivity index (χ3n) is 6.37. The summed E-state index contributed by atoms with van der Waals surface area (Å²) in [4.78, 5) is 37.4. The predicted octanol–water partition coefficient (Wildman–Crippen LogP) is 3.21.